The van der Waals surface area contributed by atoms with Gasteiger partial charge in [0.2, 0.25) is 0 Å². The normalized spacial score (nSPS) is 22.1. The van der Waals surface area contributed by atoms with E-state index >= 15 is 0 Å². The number of ether oxygens (including phenoxy) is 2. The zero-order valence-corrected chi connectivity index (χ0v) is 20.9. The quantitative estimate of drug-likeness (QED) is 0.645. The minimum absolute atomic E-state index is 0.0146. The second-order valence-electron chi connectivity index (χ2n) is 10.4. The first-order valence-corrected chi connectivity index (χ1v) is 12.4. The summed E-state index contributed by atoms with van der Waals surface area (Å²) in [5.74, 6) is 0.981. The molecular weight excluding hydrogens is 430 g/mol. The van der Waals surface area contributed by atoms with E-state index in [9.17, 15) is 4.79 Å². The number of hydrogen-bond acceptors (Lipinski definition) is 5. The Morgan fingerprint density at radius 2 is 1.91 bits per heavy atom. The molecule has 2 fully saturated rings. The van der Waals surface area contributed by atoms with Gasteiger partial charge in [0.05, 0.1) is 24.4 Å². The van der Waals surface area contributed by atoms with Crippen molar-refractivity contribution in [1.82, 2.24) is 20.0 Å². The van der Waals surface area contributed by atoms with Crippen LogP contribution in [0.5, 0.6) is 0 Å². The van der Waals surface area contributed by atoms with Crippen molar-refractivity contribution in [1.29, 1.82) is 0 Å². The summed E-state index contributed by atoms with van der Waals surface area (Å²) in [6, 6.07) is 12.5. The van der Waals surface area contributed by atoms with Gasteiger partial charge in [0.15, 0.2) is 0 Å². The van der Waals surface area contributed by atoms with Crippen LogP contribution in [-0.2, 0) is 14.9 Å². The highest BCUT2D eigenvalue weighted by molar-refractivity contribution is 5.88. The predicted octanol–water partition coefficient (Wildman–Crippen LogP) is 3.77. The maximum absolute atomic E-state index is 13.2. The zero-order chi connectivity index (χ0) is 24.1. The van der Waals surface area contributed by atoms with Crippen LogP contribution in [0.4, 0.5) is 10.6 Å². The number of carbonyl (C=O) groups excluding carboxylic acids is 1. The number of likely N-dealkylation sites (tertiary alicyclic amines) is 1. The summed E-state index contributed by atoms with van der Waals surface area (Å²) in [6.45, 7) is 11.1. The minimum atomic E-state index is -0.187. The molecule has 3 heterocycles. The monoisotopic (exact) mass is 469 g/mol. The van der Waals surface area contributed by atoms with Crippen molar-refractivity contribution in [2.75, 3.05) is 51.9 Å². The van der Waals surface area contributed by atoms with Crippen LogP contribution in [0.1, 0.15) is 56.8 Å². The maximum Gasteiger partial charge on any atom is 0.320 e. The van der Waals surface area contributed by atoms with Gasteiger partial charge in [0.25, 0.3) is 0 Å². The molecule has 2 amide bonds. The number of carbonyl (C=O) groups is 1. The molecule has 1 aromatic heterocycles. The number of anilines is 1. The summed E-state index contributed by atoms with van der Waals surface area (Å²) in [4.78, 5) is 15.6. The zero-order valence-electron chi connectivity index (χ0n) is 20.9. The minimum Gasteiger partial charge on any atom is -0.383 e. The molecule has 8 nitrogen and oxygen atoms in total. The average molecular weight is 470 g/mol. The number of benzene rings is 1. The van der Waals surface area contributed by atoms with Crippen LogP contribution < -0.4 is 10.6 Å². The molecule has 2 N–H and O–H groups in total. The molecule has 2 saturated heterocycles. The fourth-order valence-electron chi connectivity index (χ4n) is 4.86. The van der Waals surface area contributed by atoms with Crippen LogP contribution in [0.25, 0.3) is 0 Å². The molecule has 2 aliphatic heterocycles. The van der Waals surface area contributed by atoms with E-state index < -0.39 is 0 Å². The van der Waals surface area contributed by atoms with Crippen LogP contribution in [0, 0.1) is 0 Å². The molecule has 0 saturated carbocycles. The van der Waals surface area contributed by atoms with Crippen molar-refractivity contribution in [3.63, 3.8) is 0 Å². The SMILES string of the molecule is COCCN1C[C@@H](NC(=O)Nc2cc(C(C)(C)C)nn2C2CCOCC2)[C@H](c2ccccc2)C1. The average Bonchev–Trinajstić information content (AvgIpc) is 3.43. The Labute approximate surface area is 203 Å². The molecule has 2 atom stereocenters. The van der Waals surface area contributed by atoms with Crippen molar-refractivity contribution in [2.24, 2.45) is 0 Å². The summed E-state index contributed by atoms with van der Waals surface area (Å²) in [5, 5.41) is 11.3. The molecule has 1 aromatic carbocycles. The Morgan fingerprint density at radius 1 is 1.18 bits per heavy atom. The topological polar surface area (TPSA) is 80.7 Å². The van der Waals surface area contributed by atoms with Crippen LogP contribution >= 0.6 is 0 Å². The van der Waals surface area contributed by atoms with Crippen LogP contribution in [-0.4, -0.2) is 73.3 Å². The van der Waals surface area contributed by atoms with Gasteiger partial charge < -0.3 is 14.8 Å². The molecule has 0 unspecified atom stereocenters. The van der Waals surface area contributed by atoms with Crippen molar-refractivity contribution in [3.8, 4) is 0 Å². The van der Waals surface area contributed by atoms with Crippen molar-refractivity contribution < 1.29 is 14.3 Å². The van der Waals surface area contributed by atoms with E-state index in [4.69, 9.17) is 14.6 Å². The third-order valence-corrected chi connectivity index (χ3v) is 6.83. The predicted molar refractivity (Wildman–Crippen MR) is 133 cm³/mol. The molecule has 2 aliphatic rings. The van der Waals surface area contributed by atoms with E-state index in [1.807, 2.05) is 16.8 Å². The second kappa shape index (κ2) is 10.9. The lowest BCUT2D eigenvalue weighted by Gasteiger charge is -2.25. The van der Waals surface area contributed by atoms with Gasteiger partial charge in [-0.2, -0.15) is 5.10 Å². The Bertz CT molecular complexity index is 934. The number of nitrogens with one attached hydrogen (secondary N) is 2. The third-order valence-electron chi connectivity index (χ3n) is 6.83. The molecule has 34 heavy (non-hydrogen) atoms. The molecule has 2 aromatic rings. The largest absolute Gasteiger partial charge is 0.383 e. The van der Waals surface area contributed by atoms with Gasteiger partial charge in [0, 0.05) is 57.4 Å². The lowest BCUT2D eigenvalue weighted by molar-refractivity contribution is 0.0666. The van der Waals surface area contributed by atoms with Gasteiger partial charge in [-0.1, -0.05) is 51.1 Å². The first kappa shape index (κ1) is 24.7. The lowest BCUT2D eigenvalue weighted by atomic mass is 9.92. The molecule has 4 rings (SSSR count). The Morgan fingerprint density at radius 3 is 2.59 bits per heavy atom. The fourth-order valence-corrected chi connectivity index (χ4v) is 4.86. The summed E-state index contributed by atoms with van der Waals surface area (Å²) in [7, 11) is 1.72. The number of rotatable bonds is 7. The number of urea groups is 1. The Balaban J connectivity index is 1.50. The molecule has 0 radical (unpaired) electrons. The highest BCUT2D eigenvalue weighted by Crippen LogP contribution is 2.31. The Hall–Kier alpha value is -2.42. The van der Waals surface area contributed by atoms with E-state index in [1.165, 1.54) is 5.56 Å². The van der Waals surface area contributed by atoms with Gasteiger partial charge in [0.1, 0.15) is 5.82 Å². The lowest BCUT2D eigenvalue weighted by Crippen LogP contribution is -2.42. The van der Waals surface area contributed by atoms with E-state index in [0.717, 1.165) is 57.2 Å². The summed E-state index contributed by atoms with van der Waals surface area (Å²) in [6.07, 6.45) is 1.80. The number of nitrogens with zero attached hydrogens (tertiary/aromatic N) is 3. The fraction of sp³-hybridized carbons (Fsp3) is 0.615. The molecule has 0 aliphatic carbocycles. The van der Waals surface area contributed by atoms with Crippen molar-refractivity contribution in [2.45, 2.75) is 57.0 Å². The number of amides is 2. The molecule has 0 spiro atoms. The molecular formula is C26H39N5O3. The molecule has 0 bridgehead atoms. The Kier molecular flexibility index (Phi) is 7.91. The highest BCUT2D eigenvalue weighted by Gasteiger charge is 2.35. The van der Waals surface area contributed by atoms with Crippen LogP contribution in [0.15, 0.2) is 36.4 Å². The van der Waals surface area contributed by atoms with Gasteiger partial charge >= 0.3 is 6.03 Å². The van der Waals surface area contributed by atoms with Gasteiger partial charge in [-0.25, -0.2) is 9.48 Å². The standard InChI is InChI=1S/C26H39N5O3/c1-26(2,3)23-16-24(31(29-23)20-10-13-34-14-11-20)28-25(32)27-22-18-30(12-15-33-4)17-21(22)19-8-6-5-7-9-19/h5-9,16,20-22H,10-15,17-18H2,1-4H3,(H2,27,28,32)/t21-,22+/m0/s1. The third kappa shape index (κ3) is 5.98. The van der Waals surface area contributed by atoms with E-state index in [1.54, 1.807) is 7.11 Å². The first-order valence-electron chi connectivity index (χ1n) is 12.4. The molecule has 186 valence electrons. The van der Waals surface area contributed by atoms with E-state index in [2.05, 4.69) is 60.6 Å². The van der Waals surface area contributed by atoms with Gasteiger partial charge in [-0.15, -0.1) is 0 Å². The number of methoxy groups -OCH3 is 1. The highest BCUT2D eigenvalue weighted by atomic mass is 16.5. The molecule has 8 heteroatoms. The number of hydrogen-bond donors (Lipinski definition) is 2. The van der Waals surface area contributed by atoms with E-state index in [0.29, 0.717) is 6.61 Å². The van der Waals surface area contributed by atoms with Gasteiger partial charge in [-0.05, 0) is 18.4 Å². The second-order valence-corrected chi connectivity index (χ2v) is 10.4. The summed E-state index contributed by atoms with van der Waals surface area (Å²) in [5.41, 5.74) is 2.12. The van der Waals surface area contributed by atoms with Crippen LogP contribution in [0.2, 0.25) is 0 Å². The maximum atomic E-state index is 13.2. The summed E-state index contributed by atoms with van der Waals surface area (Å²) >= 11 is 0. The van der Waals surface area contributed by atoms with Crippen molar-refractivity contribution in [3.05, 3.63) is 47.7 Å². The first-order chi connectivity index (χ1) is 16.3. The number of aromatic nitrogens is 2. The van der Waals surface area contributed by atoms with E-state index in [-0.39, 0.29) is 29.4 Å². The van der Waals surface area contributed by atoms with Gasteiger partial charge in [-0.3, -0.25) is 10.2 Å². The van der Waals surface area contributed by atoms with Crippen molar-refractivity contribution >= 4 is 11.8 Å². The van der Waals surface area contributed by atoms with Crippen LogP contribution in [0.3, 0.4) is 0 Å². The smallest absolute Gasteiger partial charge is 0.320 e. The summed E-state index contributed by atoms with van der Waals surface area (Å²) < 4.78 is 12.8.